The lowest BCUT2D eigenvalue weighted by atomic mass is 9.80. The summed E-state index contributed by atoms with van der Waals surface area (Å²) in [5, 5.41) is 6.70. The summed E-state index contributed by atoms with van der Waals surface area (Å²) in [6.07, 6.45) is 3.67. The van der Waals surface area contributed by atoms with Gasteiger partial charge in [0, 0.05) is 24.8 Å². The molecular formula is C15H22F2N4O. The van der Waals surface area contributed by atoms with Crippen molar-refractivity contribution in [2.75, 3.05) is 11.9 Å². The predicted octanol–water partition coefficient (Wildman–Crippen LogP) is 3.19. The summed E-state index contributed by atoms with van der Waals surface area (Å²) in [6, 6.07) is 1.70. The van der Waals surface area contributed by atoms with Gasteiger partial charge in [-0.1, -0.05) is 19.8 Å². The van der Waals surface area contributed by atoms with Crippen LogP contribution in [0.1, 0.15) is 32.6 Å². The average Bonchev–Trinajstić information content (AvgIpc) is 3.04. The molecule has 1 aliphatic heterocycles. The zero-order valence-corrected chi connectivity index (χ0v) is 12.7. The summed E-state index contributed by atoms with van der Waals surface area (Å²) in [5.74, 6) is 1.45. The van der Waals surface area contributed by atoms with Gasteiger partial charge in [-0.3, -0.25) is 10.00 Å². The van der Waals surface area contributed by atoms with Crippen molar-refractivity contribution in [3.8, 4) is 0 Å². The van der Waals surface area contributed by atoms with Gasteiger partial charge in [0.15, 0.2) is 5.82 Å². The van der Waals surface area contributed by atoms with Crippen molar-refractivity contribution < 1.29 is 13.6 Å². The quantitative estimate of drug-likeness (QED) is 0.932. The highest BCUT2D eigenvalue weighted by atomic mass is 19.3. The summed E-state index contributed by atoms with van der Waals surface area (Å²) in [7, 11) is 0. The molecule has 7 heteroatoms. The number of urea groups is 1. The Hall–Kier alpha value is -1.66. The molecule has 0 aromatic carbocycles. The van der Waals surface area contributed by atoms with Crippen molar-refractivity contribution in [1.29, 1.82) is 0 Å². The zero-order valence-electron chi connectivity index (χ0n) is 12.7. The largest absolute Gasteiger partial charge is 0.323 e. The van der Waals surface area contributed by atoms with Crippen LogP contribution >= 0.6 is 0 Å². The van der Waals surface area contributed by atoms with Crippen LogP contribution in [0.2, 0.25) is 0 Å². The molecule has 0 radical (unpaired) electrons. The van der Waals surface area contributed by atoms with E-state index in [1.165, 1.54) is 25.5 Å². The van der Waals surface area contributed by atoms with Crippen LogP contribution in [-0.2, 0) is 6.54 Å². The Morgan fingerprint density at radius 2 is 2.23 bits per heavy atom. The Kier molecular flexibility index (Phi) is 4.31. The molecule has 1 N–H and O–H groups in total. The number of anilines is 1. The fourth-order valence-corrected chi connectivity index (χ4v) is 3.86. The Morgan fingerprint density at radius 3 is 3.00 bits per heavy atom. The van der Waals surface area contributed by atoms with E-state index in [2.05, 4.69) is 17.3 Å². The molecule has 0 unspecified atom stereocenters. The van der Waals surface area contributed by atoms with E-state index in [0.29, 0.717) is 23.7 Å². The van der Waals surface area contributed by atoms with Gasteiger partial charge in [-0.25, -0.2) is 13.6 Å². The summed E-state index contributed by atoms with van der Waals surface area (Å²) in [5.41, 5.74) is 0. The summed E-state index contributed by atoms with van der Waals surface area (Å²) in [6.45, 7) is 2.51. The molecule has 3 atom stereocenters. The van der Waals surface area contributed by atoms with Gasteiger partial charge in [-0.15, -0.1) is 0 Å². The molecule has 1 aromatic rings. The van der Waals surface area contributed by atoms with Crippen molar-refractivity contribution >= 4 is 11.8 Å². The first-order chi connectivity index (χ1) is 10.5. The molecule has 3 rings (SSSR count). The van der Waals surface area contributed by atoms with Crippen LogP contribution in [0.15, 0.2) is 12.3 Å². The fraction of sp³-hybridized carbons (Fsp3) is 0.733. The van der Waals surface area contributed by atoms with Crippen molar-refractivity contribution in [1.82, 2.24) is 14.7 Å². The van der Waals surface area contributed by atoms with Crippen molar-refractivity contribution in [3.05, 3.63) is 12.3 Å². The van der Waals surface area contributed by atoms with Gasteiger partial charge in [0.1, 0.15) is 6.54 Å². The Morgan fingerprint density at radius 1 is 1.45 bits per heavy atom. The third-order valence-corrected chi connectivity index (χ3v) is 4.86. The number of fused-ring (bicyclic) bond motifs is 1. The highest BCUT2D eigenvalue weighted by Gasteiger charge is 2.42. The number of amides is 2. The number of carbonyl (C=O) groups excluding carboxylic acids is 1. The molecule has 22 heavy (non-hydrogen) atoms. The van der Waals surface area contributed by atoms with E-state index in [0.717, 1.165) is 17.6 Å². The maximum Gasteiger partial charge on any atom is 0.323 e. The van der Waals surface area contributed by atoms with E-state index < -0.39 is 13.0 Å². The van der Waals surface area contributed by atoms with E-state index in [1.54, 1.807) is 6.07 Å². The molecule has 2 fully saturated rings. The van der Waals surface area contributed by atoms with Gasteiger partial charge >= 0.3 is 6.03 Å². The Bertz CT molecular complexity index is 533. The van der Waals surface area contributed by atoms with E-state index in [-0.39, 0.29) is 6.03 Å². The third kappa shape index (κ3) is 3.08. The predicted molar refractivity (Wildman–Crippen MR) is 78.9 cm³/mol. The molecule has 2 heterocycles. The fourth-order valence-electron chi connectivity index (χ4n) is 3.86. The molecule has 0 bridgehead atoms. The lowest BCUT2D eigenvalue weighted by Gasteiger charge is -2.31. The van der Waals surface area contributed by atoms with Gasteiger partial charge in [0.05, 0.1) is 0 Å². The number of hydrogen-bond acceptors (Lipinski definition) is 2. The molecule has 1 saturated heterocycles. The average molecular weight is 312 g/mol. The van der Waals surface area contributed by atoms with Crippen LogP contribution in [0.3, 0.4) is 0 Å². The zero-order chi connectivity index (χ0) is 15.7. The highest BCUT2D eigenvalue weighted by molar-refractivity contribution is 5.88. The topological polar surface area (TPSA) is 50.2 Å². The number of rotatable bonds is 3. The van der Waals surface area contributed by atoms with Gasteiger partial charge in [0.2, 0.25) is 0 Å². The van der Waals surface area contributed by atoms with Gasteiger partial charge in [0.25, 0.3) is 6.43 Å². The van der Waals surface area contributed by atoms with Crippen molar-refractivity contribution in [2.24, 2.45) is 11.8 Å². The van der Waals surface area contributed by atoms with E-state index in [4.69, 9.17) is 0 Å². The SMILES string of the molecule is C[C@@H]1CN(C(=O)Nc2ccn(CC(F)F)n2)[C@@H]2CCCC[C@H]12. The second-order valence-corrected chi connectivity index (χ2v) is 6.39. The molecule has 2 amide bonds. The number of alkyl halides is 2. The van der Waals surface area contributed by atoms with E-state index >= 15 is 0 Å². The maximum absolute atomic E-state index is 12.5. The smallest absolute Gasteiger partial charge is 0.321 e. The van der Waals surface area contributed by atoms with Crippen LogP contribution in [0.5, 0.6) is 0 Å². The second-order valence-electron chi connectivity index (χ2n) is 6.39. The number of hydrogen-bond donors (Lipinski definition) is 1. The monoisotopic (exact) mass is 312 g/mol. The van der Waals surface area contributed by atoms with E-state index in [9.17, 15) is 13.6 Å². The minimum absolute atomic E-state index is 0.163. The third-order valence-electron chi connectivity index (χ3n) is 4.86. The highest BCUT2D eigenvalue weighted by Crippen LogP contribution is 2.39. The molecule has 2 aliphatic rings. The lowest BCUT2D eigenvalue weighted by molar-refractivity contribution is 0.122. The standard InChI is InChI=1S/C15H22F2N4O/c1-10-8-21(12-5-3-2-4-11(10)12)15(22)18-14-6-7-20(19-14)9-13(16)17/h6-7,10-13H,2-5,8-9H2,1H3,(H,18,19,22)/t10-,11-,12-/m1/s1. The molecule has 122 valence electrons. The van der Waals surface area contributed by atoms with Gasteiger partial charge in [-0.05, 0) is 24.7 Å². The van der Waals surface area contributed by atoms with Gasteiger partial charge < -0.3 is 4.90 Å². The van der Waals surface area contributed by atoms with Gasteiger partial charge in [-0.2, -0.15) is 5.10 Å². The lowest BCUT2D eigenvalue weighted by Crippen LogP contribution is -2.41. The molecule has 1 saturated carbocycles. The van der Waals surface area contributed by atoms with E-state index in [1.807, 2.05) is 4.90 Å². The summed E-state index contributed by atoms with van der Waals surface area (Å²) >= 11 is 0. The number of nitrogens with zero attached hydrogens (tertiary/aromatic N) is 3. The second kappa shape index (κ2) is 6.22. The Balaban J connectivity index is 1.63. The molecular weight excluding hydrogens is 290 g/mol. The number of carbonyl (C=O) groups is 1. The van der Waals surface area contributed by atoms with Crippen molar-refractivity contribution in [3.63, 3.8) is 0 Å². The van der Waals surface area contributed by atoms with Crippen molar-refractivity contribution in [2.45, 2.75) is 51.6 Å². The number of halogens is 2. The molecule has 0 spiro atoms. The van der Waals surface area contributed by atoms with Crippen LogP contribution in [-0.4, -0.2) is 39.7 Å². The maximum atomic E-state index is 12.5. The normalized spacial score (nSPS) is 28.0. The molecule has 5 nitrogen and oxygen atoms in total. The number of likely N-dealkylation sites (tertiary alicyclic amines) is 1. The molecule has 1 aliphatic carbocycles. The van der Waals surface area contributed by atoms with Crippen LogP contribution in [0.4, 0.5) is 19.4 Å². The van der Waals surface area contributed by atoms with Crippen LogP contribution in [0.25, 0.3) is 0 Å². The number of aromatic nitrogens is 2. The minimum atomic E-state index is -2.45. The van der Waals surface area contributed by atoms with Crippen LogP contribution in [0, 0.1) is 11.8 Å². The molecule has 1 aromatic heterocycles. The summed E-state index contributed by atoms with van der Waals surface area (Å²) in [4.78, 5) is 14.4. The Labute approximate surface area is 128 Å². The first kappa shape index (κ1) is 15.2. The first-order valence-corrected chi connectivity index (χ1v) is 7.94. The minimum Gasteiger partial charge on any atom is -0.321 e. The first-order valence-electron chi connectivity index (χ1n) is 7.94. The summed E-state index contributed by atoms with van der Waals surface area (Å²) < 4.78 is 25.8. The number of nitrogens with one attached hydrogen (secondary N) is 1. The van der Waals surface area contributed by atoms with Crippen LogP contribution < -0.4 is 5.32 Å².